The van der Waals surface area contributed by atoms with E-state index in [1.165, 1.54) is 10.5 Å². The Bertz CT molecular complexity index is 1180. The van der Waals surface area contributed by atoms with E-state index in [0.717, 1.165) is 22.4 Å². The van der Waals surface area contributed by atoms with Crippen molar-refractivity contribution in [2.45, 2.75) is 33.6 Å². The number of nitrogens with one attached hydrogen (secondary N) is 1. The van der Waals surface area contributed by atoms with E-state index in [1.54, 1.807) is 0 Å². The number of imide groups is 1. The zero-order valence-electron chi connectivity index (χ0n) is 18.3. The molecule has 0 radical (unpaired) electrons. The summed E-state index contributed by atoms with van der Waals surface area (Å²) in [7, 11) is 0. The molecular weight excluding hydrogens is 384 g/mol. The van der Waals surface area contributed by atoms with Crippen LogP contribution in [0.5, 0.6) is 0 Å². The molecule has 3 aromatic rings. The minimum absolute atomic E-state index is 0.300. The fraction of sp³-hybridized carbons (Fsp3) is 0.185. The standard InChI is InChI=1S/C27H26N2O2/c1-17(2)20-11-13-22(14-12-20)28-25-24(21-8-6-5-7-9-21)26(30)29(27(25)31)23-15-10-18(3)16-19(23)4/h5-17,28H,1-4H3. The summed E-state index contributed by atoms with van der Waals surface area (Å²) in [5.41, 5.74) is 5.98. The van der Waals surface area contributed by atoms with Crippen molar-refractivity contribution in [3.8, 4) is 0 Å². The average Bonchev–Trinajstić information content (AvgIpc) is 2.99. The first-order valence-corrected chi connectivity index (χ1v) is 10.5. The molecule has 0 aromatic heterocycles. The number of amides is 2. The number of rotatable bonds is 5. The maximum Gasteiger partial charge on any atom is 0.282 e. The fourth-order valence-corrected chi connectivity index (χ4v) is 3.89. The van der Waals surface area contributed by atoms with Crippen molar-refractivity contribution in [3.05, 3.63) is 101 Å². The van der Waals surface area contributed by atoms with Gasteiger partial charge in [-0.3, -0.25) is 9.59 Å². The Morgan fingerprint density at radius 2 is 1.48 bits per heavy atom. The van der Waals surface area contributed by atoms with Crippen molar-refractivity contribution in [1.29, 1.82) is 0 Å². The second-order valence-electron chi connectivity index (χ2n) is 8.25. The van der Waals surface area contributed by atoms with Crippen LogP contribution in [0.2, 0.25) is 0 Å². The summed E-state index contributed by atoms with van der Waals surface area (Å²) in [5, 5.41) is 3.23. The third kappa shape index (κ3) is 3.89. The molecule has 1 heterocycles. The molecule has 1 N–H and O–H groups in total. The lowest BCUT2D eigenvalue weighted by molar-refractivity contribution is -0.120. The van der Waals surface area contributed by atoms with Crippen molar-refractivity contribution in [2.24, 2.45) is 0 Å². The maximum atomic E-state index is 13.5. The Morgan fingerprint density at radius 1 is 0.806 bits per heavy atom. The maximum absolute atomic E-state index is 13.5. The highest BCUT2D eigenvalue weighted by molar-refractivity contribution is 6.46. The predicted octanol–water partition coefficient (Wildman–Crippen LogP) is 5.82. The molecule has 1 aliphatic heterocycles. The number of carbonyl (C=O) groups is 2. The molecule has 4 rings (SSSR count). The lowest BCUT2D eigenvalue weighted by Crippen LogP contribution is -2.33. The molecule has 0 spiro atoms. The van der Waals surface area contributed by atoms with Crippen molar-refractivity contribution >= 4 is 28.8 Å². The third-order valence-corrected chi connectivity index (χ3v) is 5.59. The number of hydrogen-bond donors (Lipinski definition) is 1. The van der Waals surface area contributed by atoms with Crippen LogP contribution in [0.25, 0.3) is 5.57 Å². The van der Waals surface area contributed by atoms with E-state index in [2.05, 4.69) is 19.2 Å². The molecule has 4 nitrogen and oxygen atoms in total. The van der Waals surface area contributed by atoms with E-state index < -0.39 is 0 Å². The first-order valence-electron chi connectivity index (χ1n) is 10.5. The van der Waals surface area contributed by atoms with Gasteiger partial charge in [0.25, 0.3) is 11.8 Å². The molecule has 1 aliphatic rings. The van der Waals surface area contributed by atoms with E-state index in [1.807, 2.05) is 86.6 Å². The van der Waals surface area contributed by atoms with Gasteiger partial charge in [-0.25, -0.2) is 4.90 Å². The number of benzene rings is 3. The number of hydrogen-bond acceptors (Lipinski definition) is 3. The van der Waals surface area contributed by atoms with Gasteiger partial charge < -0.3 is 5.32 Å². The fourth-order valence-electron chi connectivity index (χ4n) is 3.89. The minimum Gasteiger partial charge on any atom is -0.350 e. The largest absolute Gasteiger partial charge is 0.350 e. The Morgan fingerprint density at radius 3 is 2.10 bits per heavy atom. The second-order valence-corrected chi connectivity index (χ2v) is 8.25. The molecular formula is C27H26N2O2. The van der Waals surface area contributed by atoms with Crippen LogP contribution < -0.4 is 10.2 Å². The summed E-state index contributed by atoms with van der Waals surface area (Å²) in [4.78, 5) is 28.3. The van der Waals surface area contributed by atoms with E-state index in [9.17, 15) is 9.59 Å². The lowest BCUT2D eigenvalue weighted by Gasteiger charge is -2.18. The third-order valence-electron chi connectivity index (χ3n) is 5.59. The van der Waals surface area contributed by atoms with E-state index in [-0.39, 0.29) is 11.8 Å². The van der Waals surface area contributed by atoms with Gasteiger partial charge in [0.1, 0.15) is 5.70 Å². The van der Waals surface area contributed by atoms with Gasteiger partial charge in [-0.1, -0.05) is 74.0 Å². The van der Waals surface area contributed by atoms with Gasteiger partial charge in [-0.2, -0.15) is 0 Å². The number of aryl methyl sites for hydroxylation is 2. The van der Waals surface area contributed by atoms with Gasteiger partial charge in [0.15, 0.2) is 0 Å². The predicted molar refractivity (Wildman–Crippen MR) is 126 cm³/mol. The summed E-state index contributed by atoms with van der Waals surface area (Å²) in [6.07, 6.45) is 0. The van der Waals surface area contributed by atoms with Crippen molar-refractivity contribution in [1.82, 2.24) is 0 Å². The summed E-state index contributed by atoms with van der Waals surface area (Å²) >= 11 is 0. The van der Waals surface area contributed by atoms with Crippen LogP contribution in [-0.4, -0.2) is 11.8 Å². The van der Waals surface area contributed by atoms with Crippen molar-refractivity contribution in [2.75, 3.05) is 10.2 Å². The highest BCUT2D eigenvalue weighted by Gasteiger charge is 2.40. The Labute approximate surface area is 183 Å². The molecule has 0 aliphatic carbocycles. The molecule has 0 atom stereocenters. The molecule has 2 amide bonds. The highest BCUT2D eigenvalue weighted by Crippen LogP contribution is 2.35. The SMILES string of the molecule is Cc1ccc(N2C(=O)C(Nc3ccc(C(C)C)cc3)=C(c3ccccc3)C2=O)c(C)c1. The molecule has 3 aromatic carbocycles. The average molecular weight is 411 g/mol. The van der Waals surface area contributed by atoms with Crippen LogP contribution in [0, 0.1) is 13.8 Å². The van der Waals surface area contributed by atoms with Gasteiger partial charge in [0.05, 0.1) is 11.3 Å². The zero-order valence-corrected chi connectivity index (χ0v) is 18.3. The molecule has 156 valence electrons. The quantitative estimate of drug-likeness (QED) is 0.539. The van der Waals surface area contributed by atoms with Crippen LogP contribution in [0.3, 0.4) is 0 Å². The summed E-state index contributed by atoms with van der Waals surface area (Å²) in [5.74, 6) is -0.240. The monoisotopic (exact) mass is 410 g/mol. The van der Waals surface area contributed by atoms with Gasteiger partial charge in [0.2, 0.25) is 0 Å². The molecule has 31 heavy (non-hydrogen) atoms. The van der Waals surface area contributed by atoms with Crippen molar-refractivity contribution < 1.29 is 9.59 Å². The van der Waals surface area contributed by atoms with Crippen molar-refractivity contribution in [3.63, 3.8) is 0 Å². The smallest absolute Gasteiger partial charge is 0.282 e. The van der Waals surface area contributed by atoms with Gasteiger partial charge >= 0.3 is 0 Å². The summed E-state index contributed by atoms with van der Waals surface area (Å²) in [6, 6.07) is 23.1. The van der Waals surface area contributed by atoms with Crippen LogP contribution >= 0.6 is 0 Å². The van der Waals surface area contributed by atoms with Crippen LogP contribution in [0.4, 0.5) is 11.4 Å². The van der Waals surface area contributed by atoms with Crippen LogP contribution in [-0.2, 0) is 9.59 Å². The normalized spacial score (nSPS) is 14.0. The first kappa shape index (κ1) is 20.6. The van der Waals surface area contributed by atoms with E-state index in [0.29, 0.717) is 22.9 Å². The molecule has 0 bridgehead atoms. The Hall–Kier alpha value is -3.66. The van der Waals surface area contributed by atoms with Gasteiger partial charge in [-0.05, 0) is 54.7 Å². The topological polar surface area (TPSA) is 49.4 Å². The second kappa shape index (κ2) is 8.23. The first-order chi connectivity index (χ1) is 14.9. The van der Waals surface area contributed by atoms with E-state index >= 15 is 0 Å². The number of nitrogens with zero attached hydrogens (tertiary/aromatic N) is 1. The van der Waals surface area contributed by atoms with Crippen LogP contribution in [0.15, 0.2) is 78.5 Å². The number of anilines is 2. The molecule has 0 saturated carbocycles. The summed E-state index contributed by atoms with van der Waals surface area (Å²) < 4.78 is 0. The highest BCUT2D eigenvalue weighted by atomic mass is 16.2. The molecule has 0 unspecified atom stereocenters. The Balaban J connectivity index is 1.78. The molecule has 4 heteroatoms. The van der Waals surface area contributed by atoms with E-state index in [4.69, 9.17) is 0 Å². The minimum atomic E-state index is -0.344. The Kier molecular flexibility index (Phi) is 5.47. The van der Waals surface area contributed by atoms with Crippen LogP contribution in [0.1, 0.15) is 42.0 Å². The van der Waals surface area contributed by atoms with Gasteiger partial charge in [-0.15, -0.1) is 0 Å². The number of carbonyl (C=O) groups excluding carboxylic acids is 2. The lowest BCUT2D eigenvalue weighted by atomic mass is 10.0. The zero-order chi connectivity index (χ0) is 22.1. The summed E-state index contributed by atoms with van der Waals surface area (Å²) in [6.45, 7) is 8.19. The molecule has 0 fully saturated rings. The van der Waals surface area contributed by atoms with Gasteiger partial charge in [0, 0.05) is 5.69 Å². The molecule has 0 saturated heterocycles.